The molecule has 0 saturated carbocycles. The van der Waals surface area contributed by atoms with Gasteiger partial charge in [-0.15, -0.1) is 0 Å². The molecule has 188 valence electrons. The normalized spacial score (nSPS) is 23.6. The largest absolute Gasteiger partial charge is 0.497 e. The molecule has 3 heterocycles. The van der Waals surface area contributed by atoms with Crippen molar-refractivity contribution in [3.8, 4) is 11.5 Å². The highest BCUT2D eigenvalue weighted by Crippen LogP contribution is 2.51. The molecular formula is C29H26N2O6. The average molecular weight is 499 g/mol. The van der Waals surface area contributed by atoms with Crippen LogP contribution in [0.4, 0.5) is 11.4 Å². The minimum atomic E-state index is -0.946. The summed E-state index contributed by atoms with van der Waals surface area (Å²) in [5.41, 5.74) is 2.06. The Morgan fingerprint density at radius 1 is 0.919 bits per heavy atom. The molecule has 8 heteroatoms. The van der Waals surface area contributed by atoms with E-state index in [2.05, 4.69) is 0 Å². The highest BCUT2D eigenvalue weighted by molar-refractivity contribution is 6.25. The first-order chi connectivity index (χ1) is 18.0. The zero-order valence-corrected chi connectivity index (χ0v) is 20.7. The van der Waals surface area contributed by atoms with Crippen molar-refractivity contribution in [2.45, 2.75) is 19.0 Å². The molecule has 2 saturated heterocycles. The molecule has 4 atom stereocenters. The third-order valence-electron chi connectivity index (χ3n) is 7.57. The van der Waals surface area contributed by atoms with E-state index in [1.54, 1.807) is 25.1 Å². The summed E-state index contributed by atoms with van der Waals surface area (Å²) in [6.07, 6.45) is 3.93. The molecule has 3 aliphatic rings. The number of ether oxygens (including phenoxy) is 3. The molecule has 0 radical (unpaired) electrons. The minimum Gasteiger partial charge on any atom is -0.497 e. The lowest BCUT2D eigenvalue weighted by atomic mass is 9.88. The number of methoxy groups -OCH3 is 2. The number of amides is 2. The number of esters is 1. The van der Waals surface area contributed by atoms with Gasteiger partial charge in [-0.05, 0) is 35.9 Å². The summed E-state index contributed by atoms with van der Waals surface area (Å²) >= 11 is 0. The lowest BCUT2D eigenvalue weighted by Crippen LogP contribution is -2.49. The van der Waals surface area contributed by atoms with Gasteiger partial charge in [-0.3, -0.25) is 9.59 Å². The van der Waals surface area contributed by atoms with Crippen LogP contribution in [-0.4, -0.2) is 50.7 Å². The van der Waals surface area contributed by atoms with Crippen LogP contribution in [0, 0.1) is 11.8 Å². The Kier molecular flexibility index (Phi) is 5.40. The summed E-state index contributed by atoms with van der Waals surface area (Å²) in [5, 5.41) is 2.11. The van der Waals surface area contributed by atoms with Crippen LogP contribution >= 0.6 is 0 Å². The number of fused-ring (bicyclic) bond motifs is 7. The van der Waals surface area contributed by atoms with Gasteiger partial charge in [-0.2, -0.15) is 0 Å². The number of anilines is 2. The van der Waals surface area contributed by atoms with Gasteiger partial charge >= 0.3 is 5.97 Å². The van der Waals surface area contributed by atoms with Crippen LogP contribution in [0.15, 0.2) is 60.7 Å². The van der Waals surface area contributed by atoms with Crippen molar-refractivity contribution in [1.82, 2.24) is 0 Å². The molecule has 3 aromatic carbocycles. The van der Waals surface area contributed by atoms with Gasteiger partial charge in [0, 0.05) is 17.3 Å². The second kappa shape index (κ2) is 8.65. The molecule has 0 aliphatic carbocycles. The van der Waals surface area contributed by atoms with E-state index in [9.17, 15) is 14.4 Å². The summed E-state index contributed by atoms with van der Waals surface area (Å²) in [7, 11) is 2.99. The van der Waals surface area contributed by atoms with Crippen LogP contribution < -0.4 is 19.3 Å². The quantitative estimate of drug-likeness (QED) is 0.391. The van der Waals surface area contributed by atoms with Crippen molar-refractivity contribution in [3.63, 3.8) is 0 Å². The van der Waals surface area contributed by atoms with E-state index in [4.69, 9.17) is 14.2 Å². The Bertz CT molecular complexity index is 1480. The third-order valence-corrected chi connectivity index (χ3v) is 7.57. The van der Waals surface area contributed by atoms with E-state index in [1.807, 2.05) is 53.5 Å². The molecule has 8 nitrogen and oxygen atoms in total. The van der Waals surface area contributed by atoms with Crippen molar-refractivity contribution in [2.75, 3.05) is 30.6 Å². The van der Waals surface area contributed by atoms with Crippen LogP contribution in [0.2, 0.25) is 0 Å². The van der Waals surface area contributed by atoms with Crippen LogP contribution in [-0.2, 0) is 19.1 Å². The zero-order chi connectivity index (χ0) is 25.8. The number of carbonyl (C=O) groups is 3. The van der Waals surface area contributed by atoms with E-state index in [1.165, 1.54) is 14.2 Å². The molecule has 6 rings (SSSR count). The Morgan fingerprint density at radius 2 is 1.70 bits per heavy atom. The van der Waals surface area contributed by atoms with Gasteiger partial charge in [0.15, 0.2) is 0 Å². The number of nitrogens with zero attached hydrogens (tertiary/aromatic N) is 2. The number of imide groups is 1. The maximum Gasteiger partial charge on any atom is 0.329 e. The van der Waals surface area contributed by atoms with Crippen LogP contribution in [0.3, 0.4) is 0 Å². The summed E-state index contributed by atoms with van der Waals surface area (Å²) in [6, 6.07) is 15.5. The zero-order valence-electron chi connectivity index (χ0n) is 20.7. The molecule has 3 aromatic rings. The first kappa shape index (κ1) is 23.1. The predicted octanol–water partition coefficient (Wildman–Crippen LogP) is 3.81. The molecule has 2 amide bonds. The topological polar surface area (TPSA) is 85.4 Å². The summed E-state index contributed by atoms with van der Waals surface area (Å²) in [6.45, 7) is 1.90. The van der Waals surface area contributed by atoms with Gasteiger partial charge in [0.2, 0.25) is 11.8 Å². The highest BCUT2D eigenvalue weighted by Gasteiger charge is 2.65. The van der Waals surface area contributed by atoms with Crippen molar-refractivity contribution in [2.24, 2.45) is 11.8 Å². The lowest BCUT2D eigenvalue weighted by molar-refractivity contribution is -0.147. The first-order valence-electron chi connectivity index (χ1n) is 12.2. The predicted molar refractivity (Wildman–Crippen MR) is 139 cm³/mol. The Hall–Kier alpha value is -4.33. The first-order valence-corrected chi connectivity index (χ1v) is 12.2. The lowest BCUT2D eigenvalue weighted by Gasteiger charge is -2.36. The van der Waals surface area contributed by atoms with Crippen LogP contribution in [0.5, 0.6) is 11.5 Å². The molecule has 0 N–H and O–H groups in total. The fraction of sp³-hybridized carbons (Fsp3) is 0.276. The number of carbonyl (C=O) groups excluding carboxylic acids is 3. The highest BCUT2D eigenvalue weighted by atomic mass is 16.5. The van der Waals surface area contributed by atoms with E-state index < -0.39 is 35.8 Å². The van der Waals surface area contributed by atoms with Crippen molar-refractivity contribution in [3.05, 3.63) is 66.2 Å². The standard InChI is InChI=1S/C29H26N2O6/c1-4-37-29(34)26-25-24(27(32)31(28(25)33)22-15-17(35-2)10-14-23(22)36-3)21-13-11-19-18-8-6-5-7-16(18)9-12-20(19)30(21)26/h5-15,21,24-26H,4H2,1-3H3. The van der Waals surface area contributed by atoms with Gasteiger partial charge < -0.3 is 19.1 Å². The molecule has 2 fully saturated rings. The van der Waals surface area contributed by atoms with Crippen molar-refractivity contribution in [1.29, 1.82) is 0 Å². The van der Waals surface area contributed by atoms with Crippen molar-refractivity contribution >= 4 is 46.0 Å². The molecule has 4 unspecified atom stereocenters. The van der Waals surface area contributed by atoms with Crippen LogP contribution in [0.25, 0.3) is 16.8 Å². The van der Waals surface area contributed by atoms with E-state index >= 15 is 0 Å². The molecule has 0 bridgehead atoms. The number of benzene rings is 3. The maximum absolute atomic E-state index is 14.0. The van der Waals surface area contributed by atoms with Gasteiger partial charge in [0.1, 0.15) is 17.5 Å². The van der Waals surface area contributed by atoms with E-state index in [0.29, 0.717) is 17.2 Å². The van der Waals surface area contributed by atoms with Gasteiger partial charge in [0.05, 0.1) is 44.4 Å². The van der Waals surface area contributed by atoms with E-state index in [0.717, 1.165) is 26.9 Å². The van der Waals surface area contributed by atoms with Gasteiger partial charge in [0.25, 0.3) is 0 Å². The molecule has 0 spiro atoms. The van der Waals surface area contributed by atoms with Gasteiger partial charge in [-0.25, -0.2) is 9.69 Å². The minimum absolute atomic E-state index is 0.168. The second-order valence-corrected chi connectivity index (χ2v) is 9.27. The monoisotopic (exact) mass is 498 g/mol. The molecule has 0 aromatic heterocycles. The SMILES string of the molecule is CCOC(=O)C1C2C(=O)N(c3cc(OC)ccc3OC)C(=O)C2C2C=Cc3c(ccc4ccccc34)N21. The fourth-order valence-corrected chi connectivity index (χ4v) is 6.03. The molecular weight excluding hydrogens is 472 g/mol. The van der Waals surface area contributed by atoms with Crippen LogP contribution in [0.1, 0.15) is 12.5 Å². The fourth-order valence-electron chi connectivity index (χ4n) is 6.03. The third kappa shape index (κ3) is 3.25. The Labute approximate surface area is 214 Å². The smallest absolute Gasteiger partial charge is 0.329 e. The summed E-state index contributed by atoms with van der Waals surface area (Å²) < 4.78 is 16.3. The summed E-state index contributed by atoms with van der Waals surface area (Å²) in [5.74, 6) is -2.17. The second-order valence-electron chi connectivity index (χ2n) is 9.27. The van der Waals surface area contributed by atoms with E-state index in [-0.39, 0.29) is 12.5 Å². The number of hydrogen-bond acceptors (Lipinski definition) is 7. The average Bonchev–Trinajstić information content (AvgIpc) is 3.40. The Morgan fingerprint density at radius 3 is 2.46 bits per heavy atom. The number of rotatable bonds is 5. The number of hydrogen-bond donors (Lipinski definition) is 0. The van der Waals surface area contributed by atoms with Gasteiger partial charge in [-0.1, -0.05) is 42.5 Å². The maximum atomic E-state index is 14.0. The molecule has 37 heavy (non-hydrogen) atoms. The van der Waals surface area contributed by atoms with Crippen molar-refractivity contribution < 1.29 is 28.6 Å². The Balaban J connectivity index is 1.50. The summed E-state index contributed by atoms with van der Waals surface area (Å²) in [4.78, 5) is 44.4. The molecule has 3 aliphatic heterocycles.